The third kappa shape index (κ3) is 2.98. The van der Waals surface area contributed by atoms with Gasteiger partial charge in [-0.1, -0.05) is 11.6 Å². The number of aromatic nitrogens is 3. The summed E-state index contributed by atoms with van der Waals surface area (Å²) >= 11 is 6.04. The van der Waals surface area contributed by atoms with Gasteiger partial charge >= 0.3 is 5.97 Å². The molecule has 0 radical (unpaired) electrons. The topological polar surface area (TPSA) is 107 Å². The van der Waals surface area contributed by atoms with E-state index in [0.29, 0.717) is 16.2 Å². The molecule has 2 aromatic rings. The van der Waals surface area contributed by atoms with Crippen molar-refractivity contribution in [3.63, 3.8) is 0 Å². The van der Waals surface area contributed by atoms with E-state index in [4.69, 9.17) is 21.1 Å². The largest absolute Gasteiger partial charge is 0.479 e. The van der Waals surface area contributed by atoms with Gasteiger partial charge in [-0.3, -0.25) is 0 Å². The van der Waals surface area contributed by atoms with E-state index in [0.717, 1.165) is 0 Å². The molecule has 3 heterocycles. The maximum atomic E-state index is 11.6. The van der Waals surface area contributed by atoms with Gasteiger partial charge in [0.15, 0.2) is 11.9 Å². The number of halogens is 1. The van der Waals surface area contributed by atoms with Crippen LogP contribution in [0.4, 0.5) is 0 Å². The van der Waals surface area contributed by atoms with E-state index in [2.05, 4.69) is 9.97 Å². The number of carboxylic acid groups (broad SMARTS) is 1. The maximum absolute atomic E-state index is 11.6. The van der Waals surface area contributed by atoms with Crippen LogP contribution in [0.5, 0.6) is 0 Å². The summed E-state index contributed by atoms with van der Waals surface area (Å²) in [5.74, 6) is -2.65. The van der Waals surface area contributed by atoms with Gasteiger partial charge in [0.1, 0.15) is 29.0 Å². The lowest BCUT2D eigenvalue weighted by molar-refractivity contribution is -0.251. The molecular weight excluding hydrogens is 338 g/mol. The van der Waals surface area contributed by atoms with E-state index in [1.165, 1.54) is 20.2 Å². The fourth-order valence-corrected chi connectivity index (χ4v) is 3.32. The van der Waals surface area contributed by atoms with Gasteiger partial charge in [0, 0.05) is 12.6 Å². The Labute approximate surface area is 143 Å². The average molecular weight is 356 g/mol. The number of ether oxygens (including phenoxy) is 2. The summed E-state index contributed by atoms with van der Waals surface area (Å²) in [5, 5.41) is 20.4. The Bertz CT molecular complexity index is 787. The number of aliphatic carboxylic acids is 1. The second-order valence-corrected chi connectivity index (χ2v) is 6.86. The summed E-state index contributed by atoms with van der Waals surface area (Å²) in [4.78, 5) is 19.7. The molecular formula is C15H18ClN3O5. The zero-order valence-corrected chi connectivity index (χ0v) is 14.2. The molecule has 0 saturated carbocycles. The fraction of sp³-hybridized carbons (Fsp3) is 0.533. The third-order valence-electron chi connectivity index (χ3n) is 3.91. The van der Waals surface area contributed by atoms with Crippen molar-refractivity contribution in [2.75, 3.05) is 0 Å². The number of carbonyl (C=O) groups is 1. The first-order valence-corrected chi connectivity index (χ1v) is 7.76. The van der Waals surface area contributed by atoms with Gasteiger partial charge in [0.2, 0.25) is 0 Å². The molecule has 3 rings (SSSR count). The van der Waals surface area contributed by atoms with Gasteiger partial charge < -0.3 is 24.3 Å². The van der Waals surface area contributed by atoms with E-state index in [1.54, 1.807) is 23.8 Å². The highest BCUT2D eigenvalue weighted by atomic mass is 35.5. The van der Waals surface area contributed by atoms with Crippen LogP contribution < -0.4 is 0 Å². The molecule has 1 aliphatic heterocycles. The first-order chi connectivity index (χ1) is 11.1. The van der Waals surface area contributed by atoms with Crippen molar-refractivity contribution in [1.82, 2.24) is 14.5 Å². The summed E-state index contributed by atoms with van der Waals surface area (Å²) < 4.78 is 13.0. The van der Waals surface area contributed by atoms with E-state index in [1.807, 2.05) is 0 Å². The molecule has 130 valence electrons. The van der Waals surface area contributed by atoms with Crippen LogP contribution in [0.3, 0.4) is 0 Å². The third-order valence-corrected chi connectivity index (χ3v) is 4.21. The lowest BCUT2D eigenvalue weighted by Crippen LogP contribution is -2.48. The fourth-order valence-electron chi connectivity index (χ4n) is 3.12. The van der Waals surface area contributed by atoms with Gasteiger partial charge in [-0.05, 0) is 26.8 Å². The van der Waals surface area contributed by atoms with Crippen LogP contribution in [-0.4, -0.2) is 48.2 Å². The van der Waals surface area contributed by atoms with E-state index < -0.39 is 29.7 Å². The van der Waals surface area contributed by atoms with E-state index in [-0.39, 0.29) is 6.42 Å². The highest BCUT2D eigenvalue weighted by Crippen LogP contribution is 2.42. The number of hydrogen-bond donors (Lipinski definition) is 2. The Morgan fingerprint density at radius 3 is 2.88 bits per heavy atom. The van der Waals surface area contributed by atoms with Crippen LogP contribution in [0, 0.1) is 0 Å². The van der Waals surface area contributed by atoms with Gasteiger partial charge in [0.25, 0.3) is 0 Å². The molecule has 2 N–H and O–H groups in total. The smallest absolute Gasteiger partial charge is 0.335 e. The summed E-state index contributed by atoms with van der Waals surface area (Å²) in [6.07, 6.45) is 1.41. The second-order valence-electron chi connectivity index (χ2n) is 6.50. The van der Waals surface area contributed by atoms with Crippen molar-refractivity contribution in [3.05, 3.63) is 23.7 Å². The molecule has 1 aliphatic rings. The molecule has 3 atom stereocenters. The van der Waals surface area contributed by atoms with Gasteiger partial charge in [-0.2, -0.15) is 0 Å². The van der Waals surface area contributed by atoms with Crippen LogP contribution in [0.25, 0.3) is 11.0 Å². The summed E-state index contributed by atoms with van der Waals surface area (Å²) in [7, 11) is 0. The predicted molar refractivity (Wildman–Crippen MR) is 84.5 cm³/mol. The van der Waals surface area contributed by atoms with Gasteiger partial charge in [0.05, 0.1) is 5.39 Å². The summed E-state index contributed by atoms with van der Waals surface area (Å²) in [6.45, 7) is 4.50. The molecule has 3 unspecified atom stereocenters. The molecule has 24 heavy (non-hydrogen) atoms. The second kappa shape index (κ2) is 5.66. The molecule has 1 saturated heterocycles. The Balaban J connectivity index is 1.98. The Morgan fingerprint density at radius 2 is 2.25 bits per heavy atom. The Morgan fingerprint density at radius 1 is 1.54 bits per heavy atom. The first kappa shape index (κ1) is 17.1. The molecule has 9 heteroatoms. The molecule has 0 amide bonds. The van der Waals surface area contributed by atoms with Crippen molar-refractivity contribution >= 4 is 28.6 Å². The number of nitrogens with zero attached hydrogens (tertiary/aromatic N) is 3. The number of fused-ring (bicyclic) bond motifs is 1. The molecule has 2 aromatic heterocycles. The summed E-state index contributed by atoms with van der Waals surface area (Å²) in [5.41, 5.74) is -0.668. The number of aliphatic hydroxyl groups is 1. The Kier molecular flexibility index (Phi) is 4.03. The van der Waals surface area contributed by atoms with Crippen molar-refractivity contribution in [2.24, 2.45) is 0 Å². The van der Waals surface area contributed by atoms with Crippen LogP contribution in [0.15, 0.2) is 18.6 Å². The van der Waals surface area contributed by atoms with Crippen molar-refractivity contribution in [1.29, 1.82) is 0 Å². The Hall–Kier alpha value is -1.74. The normalized spacial score (nSPS) is 27.7. The minimum Gasteiger partial charge on any atom is -0.479 e. The average Bonchev–Trinajstić information content (AvgIpc) is 2.98. The number of carboxylic acids is 1. The lowest BCUT2D eigenvalue weighted by atomic mass is 9.96. The quantitative estimate of drug-likeness (QED) is 0.637. The predicted octanol–water partition coefficient (Wildman–Crippen LogP) is 1.96. The van der Waals surface area contributed by atoms with Crippen LogP contribution >= 0.6 is 11.6 Å². The molecule has 0 aromatic carbocycles. The SMILES string of the molecule is CC(C)(O)OC1(C)CC(n2ccc3c(Cl)ncnc32)OC1C(=O)O. The highest BCUT2D eigenvalue weighted by molar-refractivity contribution is 6.33. The molecule has 0 spiro atoms. The van der Waals surface area contributed by atoms with Gasteiger partial charge in [-0.25, -0.2) is 14.8 Å². The standard InChI is InChI=1S/C15H18ClN3O5/c1-14(2,22)24-15(3)6-9(23-10(15)13(20)21)19-5-4-8-11(16)17-7-18-12(8)19/h4-5,7,9-10,22H,6H2,1-3H3,(H,20,21). The van der Waals surface area contributed by atoms with Crippen LogP contribution in [-0.2, 0) is 14.3 Å². The molecule has 1 fully saturated rings. The molecule has 8 nitrogen and oxygen atoms in total. The van der Waals surface area contributed by atoms with Crippen LogP contribution in [0.2, 0.25) is 5.15 Å². The zero-order valence-electron chi connectivity index (χ0n) is 13.4. The zero-order chi connectivity index (χ0) is 17.7. The lowest BCUT2D eigenvalue weighted by Gasteiger charge is -2.33. The van der Waals surface area contributed by atoms with Crippen LogP contribution in [0.1, 0.15) is 33.4 Å². The highest BCUT2D eigenvalue weighted by Gasteiger charge is 2.53. The minimum absolute atomic E-state index is 0.222. The molecule has 0 bridgehead atoms. The number of hydrogen-bond acceptors (Lipinski definition) is 6. The molecule has 0 aliphatic carbocycles. The van der Waals surface area contributed by atoms with E-state index in [9.17, 15) is 15.0 Å². The maximum Gasteiger partial charge on any atom is 0.335 e. The summed E-state index contributed by atoms with van der Waals surface area (Å²) in [6, 6.07) is 1.74. The van der Waals surface area contributed by atoms with Crippen molar-refractivity contribution in [2.45, 2.75) is 50.9 Å². The van der Waals surface area contributed by atoms with Gasteiger partial charge in [-0.15, -0.1) is 0 Å². The first-order valence-electron chi connectivity index (χ1n) is 7.38. The monoisotopic (exact) mass is 355 g/mol. The van der Waals surface area contributed by atoms with Crippen molar-refractivity contribution < 1.29 is 24.5 Å². The number of rotatable bonds is 4. The van der Waals surface area contributed by atoms with Crippen molar-refractivity contribution in [3.8, 4) is 0 Å². The van der Waals surface area contributed by atoms with E-state index >= 15 is 0 Å². The minimum atomic E-state index is -1.50.